The van der Waals surface area contributed by atoms with E-state index in [1.54, 1.807) is 0 Å². The molecule has 7 nitrogen and oxygen atoms in total. The zero-order valence-corrected chi connectivity index (χ0v) is 15.8. The average Bonchev–Trinajstić information content (AvgIpc) is 3.31. The predicted molar refractivity (Wildman–Crippen MR) is 102 cm³/mol. The maximum atomic E-state index is 12.5. The molecule has 0 saturated carbocycles. The van der Waals surface area contributed by atoms with E-state index in [2.05, 4.69) is 33.0 Å². The first-order valence-corrected chi connectivity index (χ1v) is 9.75. The van der Waals surface area contributed by atoms with E-state index in [1.165, 1.54) is 5.56 Å². The van der Waals surface area contributed by atoms with E-state index in [9.17, 15) is 4.79 Å². The molecule has 0 radical (unpaired) electrons. The van der Waals surface area contributed by atoms with Crippen LogP contribution in [0.4, 0.5) is 0 Å². The molecular weight excluding hydrogens is 342 g/mol. The van der Waals surface area contributed by atoms with Crippen molar-refractivity contribution < 1.29 is 9.53 Å². The third kappa shape index (κ3) is 4.05. The smallest absolute Gasteiger partial charge is 0.359 e. The number of hydrogen-bond acceptors (Lipinski definition) is 6. The molecule has 144 valence electrons. The van der Waals surface area contributed by atoms with E-state index in [1.807, 2.05) is 29.8 Å². The standard InChI is InChI=1S/C20H27N5O2/c1-2-27-20(26)19-17-14-24(13-16-8-10-21-22-16)11-9-18(17)25(23-19)12-15-6-4-3-5-7-15/h3-7,16,21-22H,2,8-14H2,1H3. The summed E-state index contributed by atoms with van der Waals surface area (Å²) >= 11 is 0. The minimum Gasteiger partial charge on any atom is -0.461 e. The Kier molecular flexibility index (Phi) is 5.52. The second-order valence-electron chi connectivity index (χ2n) is 7.18. The Bertz CT molecular complexity index is 783. The van der Waals surface area contributed by atoms with Crippen molar-refractivity contribution in [1.29, 1.82) is 0 Å². The lowest BCUT2D eigenvalue weighted by molar-refractivity contribution is 0.0515. The Morgan fingerprint density at radius 2 is 2.19 bits per heavy atom. The normalized spacial score (nSPS) is 19.8. The van der Waals surface area contributed by atoms with Gasteiger partial charge in [0.05, 0.1) is 13.2 Å². The maximum absolute atomic E-state index is 12.5. The van der Waals surface area contributed by atoms with Crippen LogP contribution in [0, 0.1) is 0 Å². The Hall–Kier alpha value is -2.22. The number of hydrogen-bond donors (Lipinski definition) is 2. The van der Waals surface area contributed by atoms with E-state index in [4.69, 9.17) is 4.74 Å². The summed E-state index contributed by atoms with van der Waals surface area (Å²) in [6.45, 7) is 6.57. The number of hydrazine groups is 1. The molecule has 7 heteroatoms. The van der Waals surface area contributed by atoms with Crippen molar-refractivity contribution in [2.75, 3.05) is 26.2 Å². The molecule has 4 rings (SSSR count). The second-order valence-corrected chi connectivity index (χ2v) is 7.18. The molecule has 1 aromatic heterocycles. The van der Waals surface area contributed by atoms with Crippen LogP contribution in [-0.2, 0) is 24.2 Å². The van der Waals surface area contributed by atoms with Crippen molar-refractivity contribution in [3.05, 3.63) is 52.8 Å². The van der Waals surface area contributed by atoms with Crippen LogP contribution >= 0.6 is 0 Å². The molecule has 2 aromatic rings. The summed E-state index contributed by atoms with van der Waals surface area (Å²) in [5.74, 6) is -0.317. The molecule has 1 fully saturated rings. The zero-order valence-electron chi connectivity index (χ0n) is 15.8. The molecular formula is C20H27N5O2. The monoisotopic (exact) mass is 369 g/mol. The van der Waals surface area contributed by atoms with E-state index >= 15 is 0 Å². The highest BCUT2D eigenvalue weighted by atomic mass is 16.5. The van der Waals surface area contributed by atoms with Gasteiger partial charge in [0, 0.05) is 49.9 Å². The summed E-state index contributed by atoms with van der Waals surface area (Å²) in [4.78, 5) is 14.9. The maximum Gasteiger partial charge on any atom is 0.359 e. The van der Waals surface area contributed by atoms with Gasteiger partial charge in [-0.05, 0) is 18.9 Å². The Labute approximate surface area is 159 Å². The third-order valence-electron chi connectivity index (χ3n) is 5.26. The van der Waals surface area contributed by atoms with Gasteiger partial charge < -0.3 is 4.74 Å². The molecule has 2 N–H and O–H groups in total. The van der Waals surface area contributed by atoms with Gasteiger partial charge in [-0.15, -0.1) is 0 Å². The fourth-order valence-electron chi connectivity index (χ4n) is 3.94. The molecule has 3 heterocycles. The topological polar surface area (TPSA) is 71.4 Å². The molecule has 1 atom stereocenters. The molecule has 0 amide bonds. The molecule has 2 aliphatic rings. The predicted octanol–water partition coefficient (Wildman–Crippen LogP) is 1.33. The highest BCUT2D eigenvalue weighted by Crippen LogP contribution is 2.25. The third-order valence-corrected chi connectivity index (χ3v) is 5.26. The van der Waals surface area contributed by atoms with Gasteiger partial charge in [0.1, 0.15) is 0 Å². The number of ether oxygens (including phenoxy) is 1. The SMILES string of the molecule is CCOC(=O)c1nn(Cc2ccccc2)c2c1CN(CC1CCNN1)CC2. The number of esters is 1. The quantitative estimate of drug-likeness (QED) is 0.749. The molecule has 1 aromatic carbocycles. The molecule has 27 heavy (non-hydrogen) atoms. The Morgan fingerprint density at radius 1 is 1.33 bits per heavy atom. The van der Waals surface area contributed by atoms with E-state index in [-0.39, 0.29) is 5.97 Å². The Morgan fingerprint density at radius 3 is 2.93 bits per heavy atom. The first kappa shape index (κ1) is 18.2. The van der Waals surface area contributed by atoms with Crippen LogP contribution in [0.1, 0.15) is 40.7 Å². The van der Waals surface area contributed by atoms with Crippen molar-refractivity contribution in [3.8, 4) is 0 Å². The number of carbonyl (C=O) groups is 1. The number of benzene rings is 1. The summed E-state index contributed by atoms with van der Waals surface area (Å²) in [7, 11) is 0. The van der Waals surface area contributed by atoms with Crippen LogP contribution < -0.4 is 10.9 Å². The highest BCUT2D eigenvalue weighted by Gasteiger charge is 2.30. The van der Waals surface area contributed by atoms with E-state index < -0.39 is 0 Å². The largest absolute Gasteiger partial charge is 0.461 e. The van der Waals surface area contributed by atoms with Crippen molar-refractivity contribution in [2.24, 2.45) is 0 Å². The van der Waals surface area contributed by atoms with Crippen molar-refractivity contribution in [3.63, 3.8) is 0 Å². The van der Waals surface area contributed by atoms with E-state index in [0.717, 1.165) is 50.3 Å². The Balaban J connectivity index is 1.58. The van der Waals surface area contributed by atoms with Gasteiger partial charge in [-0.25, -0.2) is 4.79 Å². The van der Waals surface area contributed by atoms with Crippen LogP contribution in [-0.4, -0.2) is 52.9 Å². The van der Waals surface area contributed by atoms with Gasteiger partial charge >= 0.3 is 5.97 Å². The fourth-order valence-corrected chi connectivity index (χ4v) is 3.94. The number of rotatable bonds is 6. The number of nitrogens with one attached hydrogen (secondary N) is 2. The first-order chi connectivity index (χ1) is 13.2. The highest BCUT2D eigenvalue weighted by molar-refractivity contribution is 5.89. The lowest BCUT2D eigenvalue weighted by Gasteiger charge is -2.29. The van der Waals surface area contributed by atoms with Crippen LogP contribution in [0.2, 0.25) is 0 Å². The summed E-state index contributed by atoms with van der Waals surface area (Å²) in [6.07, 6.45) is 2.02. The number of fused-ring (bicyclic) bond motifs is 1. The minimum absolute atomic E-state index is 0.317. The number of aromatic nitrogens is 2. The summed E-state index contributed by atoms with van der Waals surface area (Å²) < 4.78 is 7.26. The van der Waals surface area contributed by atoms with Crippen LogP contribution in [0.25, 0.3) is 0 Å². The molecule has 1 unspecified atom stereocenters. The molecule has 0 aliphatic carbocycles. The lowest BCUT2D eigenvalue weighted by Crippen LogP contribution is -2.42. The van der Waals surface area contributed by atoms with Gasteiger partial charge in [0.25, 0.3) is 0 Å². The number of carbonyl (C=O) groups excluding carboxylic acids is 1. The minimum atomic E-state index is -0.317. The van der Waals surface area contributed by atoms with Gasteiger partial charge in [0.15, 0.2) is 5.69 Å². The first-order valence-electron chi connectivity index (χ1n) is 9.75. The fraction of sp³-hybridized carbons (Fsp3) is 0.500. The van der Waals surface area contributed by atoms with Gasteiger partial charge in [-0.2, -0.15) is 5.10 Å². The van der Waals surface area contributed by atoms with Crippen LogP contribution in [0.3, 0.4) is 0 Å². The van der Waals surface area contributed by atoms with Crippen LogP contribution in [0.15, 0.2) is 30.3 Å². The van der Waals surface area contributed by atoms with E-state index in [0.29, 0.717) is 24.9 Å². The summed E-state index contributed by atoms with van der Waals surface area (Å²) in [5, 5.41) is 4.66. The molecule has 1 saturated heterocycles. The molecule has 0 bridgehead atoms. The van der Waals surface area contributed by atoms with Crippen LogP contribution in [0.5, 0.6) is 0 Å². The average molecular weight is 369 g/mol. The number of nitrogens with zero attached hydrogens (tertiary/aromatic N) is 3. The zero-order chi connectivity index (χ0) is 18.6. The van der Waals surface area contributed by atoms with Gasteiger partial charge in [-0.1, -0.05) is 30.3 Å². The lowest BCUT2D eigenvalue weighted by atomic mass is 10.0. The second kappa shape index (κ2) is 8.21. The summed E-state index contributed by atoms with van der Waals surface area (Å²) in [6, 6.07) is 10.7. The van der Waals surface area contributed by atoms with Gasteiger partial charge in [-0.3, -0.25) is 20.4 Å². The van der Waals surface area contributed by atoms with Crippen molar-refractivity contribution in [1.82, 2.24) is 25.5 Å². The summed E-state index contributed by atoms with van der Waals surface area (Å²) in [5.41, 5.74) is 10.4. The van der Waals surface area contributed by atoms with Gasteiger partial charge in [0.2, 0.25) is 0 Å². The van der Waals surface area contributed by atoms with Crippen molar-refractivity contribution >= 4 is 5.97 Å². The van der Waals surface area contributed by atoms with Crippen molar-refractivity contribution in [2.45, 2.75) is 38.9 Å². The molecule has 0 spiro atoms. The molecule has 2 aliphatic heterocycles.